The molecular weight excluding hydrogens is 286 g/mol. The molecule has 0 bridgehead atoms. The molecule has 2 aromatic carbocycles. The normalized spacial score (nSPS) is 12.9. The van der Waals surface area contributed by atoms with E-state index in [2.05, 4.69) is 6.07 Å². The fourth-order valence-electron chi connectivity index (χ4n) is 2.97. The molecule has 3 heteroatoms. The lowest BCUT2D eigenvalue weighted by atomic mass is 9.69. The lowest BCUT2D eigenvalue weighted by molar-refractivity contribution is -0.122. The van der Waals surface area contributed by atoms with Gasteiger partial charge in [0, 0.05) is 6.42 Å². The molecule has 0 amide bonds. The molecule has 0 saturated heterocycles. The van der Waals surface area contributed by atoms with Crippen molar-refractivity contribution in [3.05, 3.63) is 65.7 Å². The van der Waals surface area contributed by atoms with Gasteiger partial charge < -0.3 is 4.74 Å². The van der Waals surface area contributed by atoms with E-state index in [1.807, 2.05) is 54.6 Å². The quantitative estimate of drug-likeness (QED) is 0.775. The van der Waals surface area contributed by atoms with Crippen LogP contribution in [0.25, 0.3) is 0 Å². The SMILES string of the molecule is COc1cccc([C@](CCC#N)(Cc2ccccc2)C(C)=O)c1. The maximum atomic E-state index is 12.6. The zero-order valence-electron chi connectivity index (χ0n) is 13.6. The second-order valence-corrected chi connectivity index (χ2v) is 5.69. The molecule has 0 fully saturated rings. The Labute approximate surface area is 137 Å². The molecule has 0 radical (unpaired) electrons. The van der Waals surface area contributed by atoms with Crippen molar-refractivity contribution >= 4 is 5.78 Å². The van der Waals surface area contributed by atoms with Crippen LogP contribution in [0.5, 0.6) is 5.75 Å². The molecular formula is C20H21NO2. The molecule has 0 heterocycles. The van der Waals surface area contributed by atoms with E-state index in [4.69, 9.17) is 10.00 Å². The van der Waals surface area contributed by atoms with Crippen molar-refractivity contribution in [2.75, 3.05) is 7.11 Å². The summed E-state index contributed by atoms with van der Waals surface area (Å²) in [5.41, 5.74) is 1.29. The molecule has 0 aliphatic heterocycles. The fraction of sp³-hybridized carbons (Fsp3) is 0.300. The van der Waals surface area contributed by atoms with Crippen LogP contribution in [-0.2, 0) is 16.6 Å². The van der Waals surface area contributed by atoms with E-state index in [-0.39, 0.29) is 5.78 Å². The molecule has 2 rings (SSSR count). The third-order valence-corrected chi connectivity index (χ3v) is 4.31. The molecule has 3 nitrogen and oxygen atoms in total. The molecule has 0 unspecified atom stereocenters. The minimum absolute atomic E-state index is 0.0739. The van der Waals surface area contributed by atoms with Crippen LogP contribution in [0.2, 0.25) is 0 Å². The summed E-state index contributed by atoms with van der Waals surface area (Å²) in [6.07, 6.45) is 1.42. The first kappa shape index (κ1) is 16.8. The van der Waals surface area contributed by atoms with Crippen molar-refractivity contribution in [2.24, 2.45) is 0 Å². The van der Waals surface area contributed by atoms with Crippen LogP contribution >= 0.6 is 0 Å². The van der Waals surface area contributed by atoms with Gasteiger partial charge in [-0.3, -0.25) is 4.79 Å². The molecule has 0 N–H and O–H groups in total. The number of rotatable bonds is 7. The van der Waals surface area contributed by atoms with E-state index in [9.17, 15) is 4.79 Å². The van der Waals surface area contributed by atoms with Crippen molar-refractivity contribution < 1.29 is 9.53 Å². The summed E-state index contributed by atoms with van der Waals surface area (Å²) in [5, 5.41) is 9.04. The molecule has 23 heavy (non-hydrogen) atoms. The molecule has 0 aliphatic rings. The summed E-state index contributed by atoms with van der Waals surface area (Å²) < 4.78 is 5.31. The number of carbonyl (C=O) groups is 1. The standard InChI is InChI=1S/C20H21NO2/c1-16(22)20(12-7-13-21,15-17-8-4-3-5-9-17)18-10-6-11-19(14-18)23-2/h3-6,8-11,14H,7,12,15H2,1-2H3/t20-/m1/s1. The molecule has 2 aromatic rings. The van der Waals surface area contributed by atoms with Crippen molar-refractivity contribution in [1.82, 2.24) is 0 Å². The Bertz CT molecular complexity index is 703. The van der Waals surface area contributed by atoms with Gasteiger partial charge in [-0.1, -0.05) is 42.5 Å². The predicted molar refractivity (Wildman–Crippen MR) is 90.3 cm³/mol. The number of nitrogens with zero attached hydrogens (tertiary/aromatic N) is 1. The van der Waals surface area contributed by atoms with E-state index in [1.54, 1.807) is 14.0 Å². The van der Waals surface area contributed by atoms with Gasteiger partial charge in [0.1, 0.15) is 11.5 Å². The van der Waals surface area contributed by atoms with Crippen molar-refractivity contribution in [3.8, 4) is 11.8 Å². The van der Waals surface area contributed by atoms with Gasteiger partial charge in [0.05, 0.1) is 18.6 Å². The highest BCUT2D eigenvalue weighted by Crippen LogP contribution is 2.36. The first-order valence-corrected chi connectivity index (χ1v) is 7.69. The molecule has 118 valence electrons. The van der Waals surface area contributed by atoms with Gasteiger partial charge in [0.25, 0.3) is 0 Å². The Balaban J connectivity index is 2.52. The predicted octanol–water partition coefficient (Wildman–Crippen LogP) is 4.07. The number of carbonyl (C=O) groups excluding carboxylic acids is 1. The number of benzene rings is 2. The number of ketones is 1. The summed E-state index contributed by atoms with van der Waals surface area (Å²) in [7, 11) is 1.61. The number of ether oxygens (including phenoxy) is 1. The van der Waals surface area contributed by atoms with Crippen LogP contribution in [0.15, 0.2) is 54.6 Å². The Hall–Kier alpha value is -2.60. The molecule has 0 aromatic heterocycles. The number of methoxy groups -OCH3 is 1. The van der Waals surface area contributed by atoms with Crippen LogP contribution in [0.4, 0.5) is 0 Å². The molecule has 0 spiro atoms. The Morgan fingerprint density at radius 2 is 1.91 bits per heavy atom. The van der Waals surface area contributed by atoms with Gasteiger partial charge in [-0.05, 0) is 43.0 Å². The number of nitriles is 1. The fourth-order valence-corrected chi connectivity index (χ4v) is 2.97. The summed E-state index contributed by atoms with van der Waals surface area (Å²) >= 11 is 0. The van der Waals surface area contributed by atoms with Gasteiger partial charge in [-0.25, -0.2) is 0 Å². The summed E-state index contributed by atoms with van der Waals surface area (Å²) in [4.78, 5) is 12.6. The van der Waals surface area contributed by atoms with Crippen molar-refractivity contribution in [1.29, 1.82) is 5.26 Å². The maximum Gasteiger partial charge on any atom is 0.140 e. The Morgan fingerprint density at radius 3 is 2.52 bits per heavy atom. The molecule has 0 saturated carbocycles. The van der Waals surface area contributed by atoms with Gasteiger partial charge >= 0.3 is 0 Å². The summed E-state index contributed by atoms with van der Waals surface area (Å²) in [6, 6.07) is 19.7. The third-order valence-electron chi connectivity index (χ3n) is 4.31. The van der Waals surface area contributed by atoms with Crippen LogP contribution in [0.3, 0.4) is 0 Å². The average Bonchev–Trinajstić information content (AvgIpc) is 2.59. The topological polar surface area (TPSA) is 50.1 Å². The van der Waals surface area contributed by atoms with Crippen LogP contribution in [0, 0.1) is 11.3 Å². The van der Waals surface area contributed by atoms with Crippen LogP contribution < -0.4 is 4.74 Å². The van der Waals surface area contributed by atoms with Crippen LogP contribution in [0.1, 0.15) is 30.9 Å². The zero-order valence-corrected chi connectivity index (χ0v) is 13.6. The minimum Gasteiger partial charge on any atom is -0.497 e. The highest BCUT2D eigenvalue weighted by Gasteiger charge is 2.37. The minimum atomic E-state index is -0.703. The van der Waals surface area contributed by atoms with Gasteiger partial charge in [0.15, 0.2) is 0 Å². The first-order chi connectivity index (χ1) is 11.1. The van der Waals surface area contributed by atoms with Gasteiger partial charge in [-0.15, -0.1) is 0 Å². The maximum absolute atomic E-state index is 12.6. The second-order valence-electron chi connectivity index (χ2n) is 5.69. The van der Waals surface area contributed by atoms with E-state index in [1.165, 1.54) is 0 Å². The molecule has 1 atom stereocenters. The average molecular weight is 307 g/mol. The smallest absolute Gasteiger partial charge is 0.140 e. The van der Waals surface area contributed by atoms with Crippen molar-refractivity contribution in [2.45, 2.75) is 31.6 Å². The highest BCUT2D eigenvalue weighted by molar-refractivity contribution is 5.88. The number of Topliss-reactive ketones (excluding diaryl/α,β-unsaturated/α-hetero) is 1. The molecule has 0 aliphatic carbocycles. The summed E-state index contributed by atoms with van der Waals surface area (Å²) in [6.45, 7) is 1.61. The van der Waals surface area contributed by atoms with Crippen molar-refractivity contribution in [3.63, 3.8) is 0 Å². The van der Waals surface area contributed by atoms with Gasteiger partial charge in [-0.2, -0.15) is 5.26 Å². The lowest BCUT2D eigenvalue weighted by Crippen LogP contribution is -2.36. The largest absolute Gasteiger partial charge is 0.497 e. The monoisotopic (exact) mass is 307 g/mol. The number of hydrogen-bond acceptors (Lipinski definition) is 3. The highest BCUT2D eigenvalue weighted by atomic mass is 16.5. The van der Waals surface area contributed by atoms with E-state index >= 15 is 0 Å². The van der Waals surface area contributed by atoms with Gasteiger partial charge in [0.2, 0.25) is 0 Å². The van der Waals surface area contributed by atoms with E-state index in [0.29, 0.717) is 19.3 Å². The van der Waals surface area contributed by atoms with E-state index < -0.39 is 5.41 Å². The number of hydrogen-bond donors (Lipinski definition) is 0. The van der Waals surface area contributed by atoms with E-state index in [0.717, 1.165) is 16.9 Å². The third kappa shape index (κ3) is 3.78. The summed E-state index contributed by atoms with van der Waals surface area (Å²) in [5.74, 6) is 0.794. The Morgan fingerprint density at radius 1 is 1.17 bits per heavy atom. The first-order valence-electron chi connectivity index (χ1n) is 7.69. The second kappa shape index (κ2) is 7.60. The zero-order chi connectivity index (χ0) is 16.7. The van der Waals surface area contributed by atoms with Crippen LogP contribution in [-0.4, -0.2) is 12.9 Å². The lowest BCUT2D eigenvalue weighted by Gasteiger charge is -2.32. The Kier molecular flexibility index (Phi) is 5.54.